The van der Waals surface area contributed by atoms with Gasteiger partial charge in [0.1, 0.15) is 5.75 Å². The zero-order chi connectivity index (χ0) is 21.8. The van der Waals surface area contributed by atoms with Crippen LogP contribution in [0.15, 0.2) is 6.58 Å². The Morgan fingerprint density at radius 1 is 1.00 bits per heavy atom. The second kappa shape index (κ2) is 10.2. The Morgan fingerprint density at radius 2 is 1.66 bits per heavy atom. The lowest BCUT2D eigenvalue weighted by Gasteiger charge is -2.39. The number of rotatable bonds is 9. The highest BCUT2D eigenvalue weighted by molar-refractivity contribution is 5.75. The van der Waals surface area contributed by atoms with Gasteiger partial charge in [0.25, 0.3) is 0 Å². The number of allylic oxidation sites excluding steroid dienone is 1. The minimum atomic E-state index is -0.0701. The van der Waals surface area contributed by atoms with Gasteiger partial charge >= 0.3 is 0 Å². The van der Waals surface area contributed by atoms with Crippen molar-refractivity contribution in [3.8, 4) is 5.75 Å². The van der Waals surface area contributed by atoms with Crippen LogP contribution in [0.5, 0.6) is 5.75 Å². The van der Waals surface area contributed by atoms with Crippen LogP contribution in [-0.4, -0.2) is 5.11 Å². The fourth-order valence-electron chi connectivity index (χ4n) is 5.86. The van der Waals surface area contributed by atoms with Gasteiger partial charge in [-0.3, -0.25) is 0 Å². The maximum Gasteiger partial charge on any atom is 0.123 e. The average molecular weight is 399 g/mol. The van der Waals surface area contributed by atoms with E-state index in [2.05, 4.69) is 55.0 Å². The van der Waals surface area contributed by atoms with Crippen molar-refractivity contribution in [2.75, 3.05) is 0 Å². The maximum absolute atomic E-state index is 11.8. The van der Waals surface area contributed by atoms with Crippen LogP contribution in [0.25, 0.3) is 5.57 Å². The molecule has 0 saturated carbocycles. The molecule has 2 atom stereocenters. The van der Waals surface area contributed by atoms with E-state index in [9.17, 15) is 5.11 Å². The fraction of sp³-hybridized carbons (Fsp3) is 0.714. The van der Waals surface area contributed by atoms with E-state index >= 15 is 0 Å². The molecule has 1 N–H and O–H groups in total. The molecule has 1 aliphatic rings. The van der Waals surface area contributed by atoms with Crippen molar-refractivity contribution in [2.45, 2.75) is 124 Å². The third kappa shape index (κ3) is 4.92. The molecule has 1 heteroatoms. The van der Waals surface area contributed by atoms with Crippen LogP contribution >= 0.6 is 0 Å². The van der Waals surface area contributed by atoms with Crippen molar-refractivity contribution in [1.82, 2.24) is 0 Å². The summed E-state index contributed by atoms with van der Waals surface area (Å²) in [5.74, 6) is 1.83. The van der Waals surface area contributed by atoms with E-state index < -0.39 is 0 Å². The van der Waals surface area contributed by atoms with Gasteiger partial charge in [-0.2, -0.15) is 0 Å². The molecule has 0 spiro atoms. The average Bonchev–Trinajstić information content (AvgIpc) is 2.63. The van der Waals surface area contributed by atoms with E-state index in [0.717, 1.165) is 32.1 Å². The summed E-state index contributed by atoms with van der Waals surface area (Å²) < 4.78 is 0. The van der Waals surface area contributed by atoms with E-state index in [-0.39, 0.29) is 5.41 Å². The molecule has 0 amide bonds. The third-order valence-corrected chi connectivity index (χ3v) is 6.84. The van der Waals surface area contributed by atoms with Crippen LogP contribution in [0.3, 0.4) is 0 Å². The number of hydrogen-bond donors (Lipinski definition) is 1. The molecule has 0 heterocycles. The van der Waals surface area contributed by atoms with E-state index in [4.69, 9.17) is 0 Å². The molecule has 0 fully saturated rings. The predicted molar refractivity (Wildman–Crippen MR) is 129 cm³/mol. The molecule has 0 bridgehead atoms. The van der Waals surface area contributed by atoms with Crippen LogP contribution in [0.2, 0.25) is 0 Å². The highest BCUT2D eigenvalue weighted by atomic mass is 16.3. The molecular weight excluding hydrogens is 352 g/mol. The van der Waals surface area contributed by atoms with E-state index in [0.29, 0.717) is 17.6 Å². The highest BCUT2D eigenvalue weighted by Crippen LogP contribution is 2.52. The van der Waals surface area contributed by atoms with Crippen molar-refractivity contribution in [1.29, 1.82) is 0 Å². The van der Waals surface area contributed by atoms with Gasteiger partial charge in [0, 0.05) is 11.1 Å². The fourth-order valence-corrected chi connectivity index (χ4v) is 5.86. The minimum absolute atomic E-state index is 0.0701. The molecule has 2 unspecified atom stereocenters. The maximum atomic E-state index is 11.8. The molecule has 1 aliphatic carbocycles. The summed E-state index contributed by atoms with van der Waals surface area (Å²) >= 11 is 0. The van der Waals surface area contributed by atoms with Crippen LogP contribution in [-0.2, 0) is 18.3 Å². The minimum Gasteiger partial charge on any atom is -0.507 e. The first kappa shape index (κ1) is 24.0. The first-order valence-corrected chi connectivity index (χ1v) is 12.3. The summed E-state index contributed by atoms with van der Waals surface area (Å²) in [6.07, 6.45) is 11.5. The Labute approximate surface area is 181 Å². The normalized spacial score (nSPS) is 19.3. The Morgan fingerprint density at radius 3 is 2.17 bits per heavy atom. The van der Waals surface area contributed by atoms with Gasteiger partial charge in [-0.15, -0.1) is 0 Å². The summed E-state index contributed by atoms with van der Waals surface area (Å²) in [7, 11) is 0. The summed E-state index contributed by atoms with van der Waals surface area (Å²) in [6, 6.07) is 0. The Kier molecular flexibility index (Phi) is 8.44. The largest absolute Gasteiger partial charge is 0.507 e. The highest BCUT2D eigenvalue weighted by Gasteiger charge is 2.37. The van der Waals surface area contributed by atoms with Gasteiger partial charge < -0.3 is 5.11 Å². The summed E-state index contributed by atoms with van der Waals surface area (Å²) in [5, 5.41) is 11.8. The SMILES string of the molecule is C=C(CCC)c1c2c(c(O)c(C(C)(C)C)c1CCC)C(CCC)C(CCC)CC2. The molecule has 0 radical (unpaired) electrons. The molecule has 1 aromatic carbocycles. The lowest BCUT2D eigenvalue weighted by molar-refractivity contribution is 0.315. The van der Waals surface area contributed by atoms with E-state index in [1.54, 1.807) is 0 Å². The van der Waals surface area contributed by atoms with Gasteiger partial charge in [0.15, 0.2) is 0 Å². The van der Waals surface area contributed by atoms with Crippen molar-refractivity contribution in [3.63, 3.8) is 0 Å². The van der Waals surface area contributed by atoms with E-state index in [1.165, 1.54) is 65.5 Å². The first-order chi connectivity index (χ1) is 13.7. The number of phenols is 1. The van der Waals surface area contributed by atoms with Crippen LogP contribution in [0.1, 0.15) is 134 Å². The van der Waals surface area contributed by atoms with Crippen LogP contribution in [0, 0.1) is 5.92 Å². The summed E-state index contributed by atoms with van der Waals surface area (Å²) in [4.78, 5) is 0. The molecule has 164 valence electrons. The first-order valence-electron chi connectivity index (χ1n) is 12.3. The molecule has 0 saturated heterocycles. The predicted octanol–water partition coefficient (Wildman–Crippen LogP) is 8.70. The molecule has 29 heavy (non-hydrogen) atoms. The topological polar surface area (TPSA) is 20.2 Å². The van der Waals surface area contributed by atoms with Gasteiger partial charge in [-0.25, -0.2) is 0 Å². The molecule has 0 aliphatic heterocycles. The summed E-state index contributed by atoms with van der Waals surface area (Å²) in [6.45, 7) is 20.5. The zero-order valence-corrected chi connectivity index (χ0v) is 20.4. The quantitative estimate of drug-likeness (QED) is 0.441. The van der Waals surface area contributed by atoms with Crippen LogP contribution < -0.4 is 0 Å². The van der Waals surface area contributed by atoms with Crippen molar-refractivity contribution in [2.24, 2.45) is 5.92 Å². The Balaban J connectivity index is 2.88. The van der Waals surface area contributed by atoms with Gasteiger partial charge in [-0.1, -0.05) is 87.1 Å². The monoisotopic (exact) mass is 398 g/mol. The summed E-state index contributed by atoms with van der Waals surface area (Å²) in [5.41, 5.74) is 7.99. The third-order valence-electron chi connectivity index (χ3n) is 6.84. The van der Waals surface area contributed by atoms with E-state index in [1.807, 2.05) is 0 Å². The second-order valence-electron chi connectivity index (χ2n) is 10.3. The second-order valence-corrected chi connectivity index (χ2v) is 10.3. The zero-order valence-electron chi connectivity index (χ0n) is 20.4. The number of benzene rings is 1. The molecule has 1 aromatic rings. The number of aromatic hydroxyl groups is 1. The number of hydrogen-bond acceptors (Lipinski definition) is 1. The number of fused-ring (bicyclic) bond motifs is 1. The molecule has 2 rings (SSSR count). The van der Waals surface area contributed by atoms with Gasteiger partial charge in [0.2, 0.25) is 0 Å². The Hall–Kier alpha value is -1.24. The molecular formula is C28H46O. The van der Waals surface area contributed by atoms with Crippen molar-refractivity contribution >= 4 is 5.57 Å². The lowest BCUT2D eigenvalue weighted by atomic mass is 9.66. The Bertz CT molecular complexity index is 704. The molecule has 0 aromatic heterocycles. The van der Waals surface area contributed by atoms with Crippen molar-refractivity contribution < 1.29 is 5.11 Å². The lowest BCUT2D eigenvalue weighted by Crippen LogP contribution is -2.26. The van der Waals surface area contributed by atoms with Crippen molar-refractivity contribution in [3.05, 3.63) is 34.4 Å². The standard InChI is InChI=1S/C28H46O/c1-9-13-19(5)24-22-18-17-20(14-10-2)21(15-11-3)25(22)27(29)26(28(6,7)8)23(24)16-12-4/h20-21,29H,5,9-18H2,1-4,6-8H3. The van der Waals surface area contributed by atoms with Gasteiger partial charge in [-0.05, 0) is 71.6 Å². The molecule has 1 nitrogen and oxygen atoms in total. The van der Waals surface area contributed by atoms with Gasteiger partial charge in [0.05, 0.1) is 0 Å². The van der Waals surface area contributed by atoms with Crippen LogP contribution in [0.4, 0.5) is 0 Å². The number of phenolic OH excluding ortho intramolecular Hbond substituents is 1. The smallest absolute Gasteiger partial charge is 0.123 e.